The second kappa shape index (κ2) is 9.30. The number of carbonyl (C=O) groups is 1. The number of hydrogen-bond acceptors (Lipinski definition) is 4. The Hall–Kier alpha value is -2.23. The standard InChI is InChI=1S/C18H17BrClN3O2/c1-25-14-5-6-16(19)15(10-14)18(24)23-8-2-7-22-17-9-13(20)4-3-12(17)11-21/h3-6,9-10,22H,2,7-8H2,1H3,(H,23,24). The van der Waals surface area contributed by atoms with Crippen molar-refractivity contribution in [2.45, 2.75) is 6.42 Å². The Balaban J connectivity index is 1.83. The highest BCUT2D eigenvalue weighted by Crippen LogP contribution is 2.22. The molecular weight excluding hydrogens is 406 g/mol. The summed E-state index contributed by atoms with van der Waals surface area (Å²) in [4.78, 5) is 12.2. The van der Waals surface area contributed by atoms with Crippen LogP contribution >= 0.6 is 27.5 Å². The van der Waals surface area contributed by atoms with Gasteiger partial charge >= 0.3 is 0 Å². The SMILES string of the molecule is COc1ccc(Br)c(C(=O)NCCCNc2cc(Cl)ccc2C#N)c1. The first kappa shape index (κ1) is 19.1. The Bertz CT molecular complexity index is 805. The van der Waals surface area contributed by atoms with Crippen LogP contribution in [-0.4, -0.2) is 26.1 Å². The first-order chi connectivity index (χ1) is 12.0. The summed E-state index contributed by atoms with van der Waals surface area (Å²) in [6, 6.07) is 12.4. The molecule has 25 heavy (non-hydrogen) atoms. The van der Waals surface area contributed by atoms with Crippen LogP contribution in [-0.2, 0) is 0 Å². The average Bonchev–Trinajstić information content (AvgIpc) is 2.62. The van der Waals surface area contributed by atoms with Gasteiger partial charge in [0.15, 0.2) is 0 Å². The molecule has 0 saturated heterocycles. The van der Waals surface area contributed by atoms with Gasteiger partial charge in [-0.05, 0) is 58.7 Å². The molecular formula is C18H17BrClN3O2. The Morgan fingerprint density at radius 2 is 2.08 bits per heavy atom. The van der Waals surface area contributed by atoms with E-state index in [2.05, 4.69) is 32.6 Å². The fraction of sp³-hybridized carbons (Fsp3) is 0.222. The molecule has 2 aromatic rings. The van der Waals surface area contributed by atoms with Gasteiger partial charge in [-0.2, -0.15) is 5.26 Å². The number of hydrogen-bond donors (Lipinski definition) is 2. The number of nitrogens with one attached hydrogen (secondary N) is 2. The van der Waals surface area contributed by atoms with E-state index in [4.69, 9.17) is 21.6 Å². The Morgan fingerprint density at radius 3 is 2.80 bits per heavy atom. The van der Waals surface area contributed by atoms with Crippen molar-refractivity contribution in [1.29, 1.82) is 5.26 Å². The maximum absolute atomic E-state index is 12.2. The van der Waals surface area contributed by atoms with Crippen LogP contribution in [0.15, 0.2) is 40.9 Å². The van der Waals surface area contributed by atoms with E-state index in [0.717, 1.165) is 0 Å². The molecule has 0 heterocycles. The van der Waals surface area contributed by atoms with Crippen molar-refractivity contribution < 1.29 is 9.53 Å². The molecule has 2 N–H and O–H groups in total. The van der Waals surface area contributed by atoms with Gasteiger partial charge in [0.25, 0.3) is 5.91 Å². The molecule has 2 aromatic carbocycles. The van der Waals surface area contributed by atoms with Crippen LogP contribution in [0, 0.1) is 11.3 Å². The van der Waals surface area contributed by atoms with Gasteiger partial charge in [-0.3, -0.25) is 4.79 Å². The van der Waals surface area contributed by atoms with Gasteiger partial charge in [0, 0.05) is 22.6 Å². The number of amides is 1. The molecule has 7 heteroatoms. The molecule has 130 valence electrons. The Morgan fingerprint density at radius 1 is 1.28 bits per heavy atom. The Labute approximate surface area is 160 Å². The van der Waals surface area contributed by atoms with E-state index in [9.17, 15) is 4.79 Å². The lowest BCUT2D eigenvalue weighted by atomic mass is 10.2. The number of methoxy groups -OCH3 is 1. The minimum absolute atomic E-state index is 0.175. The molecule has 0 aliphatic rings. The van der Waals surface area contributed by atoms with Crippen molar-refractivity contribution >= 4 is 39.1 Å². The third-order valence-electron chi connectivity index (χ3n) is 3.47. The van der Waals surface area contributed by atoms with Gasteiger partial charge in [0.2, 0.25) is 0 Å². The lowest BCUT2D eigenvalue weighted by molar-refractivity contribution is 0.0952. The number of carbonyl (C=O) groups excluding carboxylic acids is 1. The molecule has 0 aromatic heterocycles. The molecule has 0 radical (unpaired) electrons. The zero-order chi connectivity index (χ0) is 18.2. The van der Waals surface area contributed by atoms with E-state index < -0.39 is 0 Å². The van der Waals surface area contributed by atoms with Gasteiger partial charge in [0.1, 0.15) is 11.8 Å². The molecule has 1 amide bonds. The third-order valence-corrected chi connectivity index (χ3v) is 4.40. The van der Waals surface area contributed by atoms with Gasteiger partial charge < -0.3 is 15.4 Å². The minimum Gasteiger partial charge on any atom is -0.497 e. The maximum Gasteiger partial charge on any atom is 0.252 e. The van der Waals surface area contributed by atoms with E-state index in [1.54, 1.807) is 43.5 Å². The summed E-state index contributed by atoms with van der Waals surface area (Å²) in [6.07, 6.45) is 0.699. The fourth-order valence-corrected chi connectivity index (χ4v) is 2.77. The maximum atomic E-state index is 12.2. The van der Waals surface area contributed by atoms with E-state index in [1.807, 2.05) is 0 Å². The predicted octanol–water partition coefficient (Wildman–Crippen LogP) is 4.21. The van der Waals surface area contributed by atoms with E-state index in [-0.39, 0.29) is 5.91 Å². The highest BCUT2D eigenvalue weighted by molar-refractivity contribution is 9.10. The molecule has 0 spiro atoms. The summed E-state index contributed by atoms with van der Waals surface area (Å²) < 4.78 is 5.85. The Kier molecular flexibility index (Phi) is 7.11. The molecule has 2 rings (SSSR count). The number of ether oxygens (including phenoxy) is 1. The number of benzene rings is 2. The van der Waals surface area contributed by atoms with Gasteiger partial charge in [-0.15, -0.1) is 0 Å². The molecule has 0 aliphatic carbocycles. The quantitative estimate of drug-likeness (QED) is 0.655. The number of anilines is 1. The number of halogens is 2. The normalized spacial score (nSPS) is 10.0. The summed E-state index contributed by atoms with van der Waals surface area (Å²) in [5.41, 5.74) is 1.75. The van der Waals surface area contributed by atoms with Crippen molar-refractivity contribution in [3.05, 3.63) is 57.0 Å². The molecule has 0 fully saturated rings. The van der Waals surface area contributed by atoms with Crippen LogP contribution in [0.1, 0.15) is 22.3 Å². The lowest BCUT2D eigenvalue weighted by Crippen LogP contribution is -2.26. The van der Waals surface area contributed by atoms with Crippen molar-refractivity contribution in [2.75, 3.05) is 25.5 Å². The van der Waals surface area contributed by atoms with Crippen LogP contribution < -0.4 is 15.4 Å². The van der Waals surface area contributed by atoms with Crippen LogP contribution in [0.25, 0.3) is 0 Å². The van der Waals surface area contributed by atoms with E-state index >= 15 is 0 Å². The molecule has 0 atom stereocenters. The molecule has 0 bridgehead atoms. The van der Waals surface area contributed by atoms with Gasteiger partial charge in [0.05, 0.1) is 23.9 Å². The van der Waals surface area contributed by atoms with E-state index in [0.29, 0.717) is 51.6 Å². The molecule has 0 unspecified atom stereocenters. The van der Waals surface area contributed by atoms with Gasteiger partial charge in [-0.1, -0.05) is 11.6 Å². The fourth-order valence-electron chi connectivity index (χ4n) is 2.17. The van der Waals surface area contributed by atoms with Crippen LogP contribution in [0.5, 0.6) is 5.75 Å². The van der Waals surface area contributed by atoms with Crippen molar-refractivity contribution in [3.63, 3.8) is 0 Å². The smallest absolute Gasteiger partial charge is 0.252 e. The van der Waals surface area contributed by atoms with Crippen LogP contribution in [0.3, 0.4) is 0 Å². The monoisotopic (exact) mass is 421 g/mol. The summed E-state index contributed by atoms with van der Waals surface area (Å²) in [6.45, 7) is 1.10. The summed E-state index contributed by atoms with van der Waals surface area (Å²) in [5.74, 6) is 0.450. The minimum atomic E-state index is -0.175. The van der Waals surface area contributed by atoms with Crippen molar-refractivity contribution in [1.82, 2.24) is 5.32 Å². The predicted molar refractivity (Wildman–Crippen MR) is 102 cm³/mol. The summed E-state index contributed by atoms with van der Waals surface area (Å²) in [7, 11) is 1.56. The largest absolute Gasteiger partial charge is 0.497 e. The van der Waals surface area contributed by atoms with Crippen LogP contribution in [0.2, 0.25) is 5.02 Å². The molecule has 5 nitrogen and oxygen atoms in total. The number of rotatable bonds is 7. The first-order valence-electron chi connectivity index (χ1n) is 7.60. The third kappa shape index (κ3) is 5.38. The number of nitriles is 1. The average molecular weight is 423 g/mol. The lowest BCUT2D eigenvalue weighted by Gasteiger charge is -2.10. The zero-order valence-electron chi connectivity index (χ0n) is 13.6. The second-order valence-electron chi connectivity index (χ2n) is 5.18. The summed E-state index contributed by atoms with van der Waals surface area (Å²) in [5, 5.41) is 15.7. The van der Waals surface area contributed by atoms with Crippen molar-refractivity contribution in [3.8, 4) is 11.8 Å². The van der Waals surface area contributed by atoms with Gasteiger partial charge in [-0.25, -0.2) is 0 Å². The van der Waals surface area contributed by atoms with E-state index in [1.165, 1.54) is 0 Å². The first-order valence-corrected chi connectivity index (χ1v) is 8.77. The van der Waals surface area contributed by atoms with Crippen LogP contribution in [0.4, 0.5) is 5.69 Å². The molecule has 0 aliphatic heterocycles. The highest BCUT2D eigenvalue weighted by atomic mass is 79.9. The van der Waals surface area contributed by atoms with Crippen molar-refractivity contribution in [2.24, 2.45) is 0 Å². The topological polar surface area (TPSA) is 74.2 Å². The second-order valence-corrected chi connectivity index (χ2v) is 6.47. The highest BCUT2D eigenvalue weighted by Gasteiger charge is 2.10. The molecule has 0 saturated carbocycles. The number of nitrogens with zero attached hydrogens (tertiary/aromatic N) is 1. The zero-order valence-corrected chi connectivity index (χ0v) is 15.9. The summed E-state index contributed by atoms with van der Waals surface area (Å²) >= 11 is 9.31.